The number of esters is 1. The molecule has 0 atom stereocenters. The molecule has 0 spiro atoms. The van der Waals surface area contributed by atoms with E-state index in [1.54, 1.807) is 13.0 Å². The second-order valence-corrected chi connectivity index (χ2v) is 6.41. The maximum atomic E-state index is 12.4. The van der Waals surface area contributed by atoms with Crippen LogP contribution in [-0.2, 0) is 4.74 Å². The van der Waals surface area contributed by atoms with E-state index in [1.165, 1.54) is 12.1 Å². The third-order valence-electron chi connectivity index (χ3n) is 4.35. The first-order chi connectivity index (χ1) is 10.3. The lowest BCUT2D eigenvalue weighted by Gasteiger charge is -2.35. The van der Waals surface area contributed by atoms with Gasteiger partial charge in [0.25, 0.3) is 5.69 Å². The molecule has 0 amide bonds. The van der Waals surface area contributed by atoms with Crippen LogP contribution in [0.2, 0.25) is 0 Å². The first kappa shape index (κ1) is 16.4. The Hall–Kier alpha value is -1.95. The van der Waals surface area contributed by atoms with Crippen LogP contribution in [-0.4, -0.2) is 29.6 Å². The Bertz CT molecular complexity index is 578. The summed E-state index contributed by atoms with van der Waals surface area (Å²) in [5.41, 5.74) is -0.0569. The molecular formula is C16H23N2O4+. The lowest BCUT2D eigenvalue weighted by atomic mass is 9.83. The zero-order valence-electron chi connectivity index (χ0n) is 13.3. The van der Waals surface area contributed by atoms with Gasteiger partial charge in [-0.25, -0.2) is 4.79 Å². The van der Waals surface area contributed by atoms with E-state index in [9.17, 15) is 14.9 Å². The highest BCUT2D eigenvalue weighted by Gasteiger charge is 2.36. The summed E-state index contributed by atoms with van der Waals surface area (Å²) in [5, 5.41) is 13.4. The van der Waals surface area contributed by atoms with Crippen LogP contribution in [0.1, 0.15) is 42.6 Å². The number of carbonyl (C=O) groups is 1. The molecule has 1 aromatic rings. The van der Waals surface area contributed by atoms with Gasteiger partial charge in [0.1, 0.15) is 11.2 Å². The van der Waals surface area contributed by atoms with Gasteiger partial charge in [-0.1, -0.05) is 6.07 Å². The molecule has 1 heterocycles. The molecule has 6 heteroatoms. The van der Waals surface area contributed by atoms with E-state index in [4.69, 9.17) is 4.74 Å². The number of aryl methyl sites for hydroxylation is 1. The average molecular weight is 307 g/mol. The number of hydrogen-bond donors (Lipinski definition) is 1. The van der Waals surface area contributed by atoms with Crippen LogP contribution >= 0.6 is 0 Å². The largest absolute Gasteiger partial charge is 0.456 e. The average Bonchev–Trinajstić information content (AvgIpc) is 2.47. The smallest absolute Gasteiger partial charge is 0.345 e. The van der Waals surface area contributed by atoms with Gasteiger partial charge in [0, 0.05) is 24.8 Å². The molecule has 0 aliphatic carbocycles. The third kappa shape index (κ3) is 3.62. The molecule has 0 saturated carbocycles. The van der Waals surface area contributed by atoms with Gasteiger partial charge in [-0.3, -0.25) is 10.1 Å². The van der Waals surface area contributed by atoms with Crippen LogP contribution in [0.5, 0.6) is 0 Å². The maximum Gasteiger partial charge on any atom is 0.345 e. The Morgan fingerprint density at radius 2 is 2.00 bits per heavy atom. The summed E-state index contributed by atoms with van der Waals surface area (Å²) in [6, 6.07) is 4.56. The number of nitrogens with two attached hydrogens (primary N) is 1. The van der Waals surface area contributed by atoms with Gasteiger partial charge in [-0.05, 0) is 32.4 Å². The van der Waals surface area contributed by atoms with E-state index in [1.807, 2.05) is 13.8 Å². The summed E-state index contributed by atoms with van der Waals surface area (Å²) in [7, 11) is 0. The summed E-state index contributed by atoms with van der Waals surface area (Å²) in [6.07, 6.45) is 1.96. The fourth-order valence-corrected chi connectivity index (χ4v) is 2.96. The number of nitrogens with zero attached hydrogens (tertiary/aromatic N) is 1. The predicted octanol–water partition coefficient (Wildman–Crippen LogP) is 1.81. The van der Waals surface area contributed by atoms with Crippen LogP contribution in [0.3, 0.4) is 0 Å². The number of nitro benzene ring substituents is 1. The Labute approximate surface area is 130 Å². The van der Waals surface area contributed by atoms with Crippen LogP contribution in [0.4, 0.5) is 5.69 Å². The normalized spacial score (nSPS) is 16.3. The monoisotopic (exact) mass is 307 g/mol. The first-order valence-corrected chi connectivity index (χ1v) is 7.61. The summed E-state index contributed by atoms with van der Waals surface area (Å²) < 4.78 is 5.64. The van der Waals surface area contributed by atoms with Crippen molar-refractivity contribution in [3.63, 3.8) is 0 Å². The van der Waals surface area contributed by atoms with E-state index in [-0.39, 0.29) is 17.2 Å². The second-order valence-electron chi connectivity index (χ2n) is 6.41. The Morgan fingerprint density at radius 3 is 2.59 bits per heavy atom. The lowest BCUT2D eigenvalue weighted by molar-refractivity contribution is -0.665. The molecule has 120 valence electrons. The van der Waals surface area contributed by atoms with Crippen molar-refractivity contribution in [2.75, 3.05) is 13.1 Å². The van der Waals surface area contributed by atoms with Crippen LogP contribution in [0.15, 0.2) is 18.2 Å². The van der Waals surface area contributed by atoms with E-state index in [0.717, 1.165) is 31.5 Å². The van der Waals surface area contributed by atoms with Gasteiger partial charge in [-0.2, -0.15) is 0 Å². The van der Waals surface area contributed by atoms with Crippen molar-refractivity contribution < 1.29 is 19.8 Å². The zero-order valence-corrected chi connectivity index (χ0v) is 13.3. The molecule has 2 rings (SSSR count). The molecule has 1 aliphatic heterocycles. The molecule has 6 nitrogen and oxygen atoms in total. The van der Waals surface area contributed by atoms with Crippen molar-refractivity contribution in [1.29, 1.82) is 0 Å². The van der Waals surface area contributed by atoms with Gasteiger partial charge in [-0.15, -0.1) is 0 Å². The van der Waals surface area contributed by atoms with Crippen molar-refractivity contribution in [3.8, 4) is 0 Å². The highest BCUT2D eigenvalue weighted by Crippen LogP contribution is 2.30. The van der Waals surface area contributed by atoms with Crippen molar-refractivity contribution in [2.24, 2.45) is 5.92 Å². The minimum atomic E-state index is -0.621. The minimum absolute atomic E-state index is 0.0195. The van der Waals surface area contributed by atoms with Gasteiger partial charge in [0.2, 0.25) is 0 Å². The van der Waals surface area contributed by atoms with E-state index in [0.29, 0.717) is 0 Å². The molecule has 1 aliphatic rings. The molecule has 1 aromatic carbocycles. The minimum Gasteiger partial charge on any atom is -0.456 e. The van der Waals surface area contributed by atoms with Crippen LogP contribution < -0.4 is 5.32 Å². The molecule has 0 bridgehead atoms. The highest BCUT2D eigenvalue weighted by molar-refractivity contribution is 5.94. The van der Waals surface area contributed by atoms with Crippen molar-refractivity contribution in [1.82, 2.24) is 0 Å². The molecule has 0 aromatic heterocycles. The lowest BCUT2D eigenvalue weighted by Crippen LogP contribution is -2.86. The fraction of sp³-hybridized carbons (Fsp3) is 0.562. The number of hydrogen-bond acceptors (Lipinski definition) is 4. The van der Waals surface area contributed by atoms with Gasteiger partial charge in [0.05, 0.1) is 18.0 Å². The second kappa shape index (κ2) is 6.44. The predicted molar refractivity (Wildman–Crippen MR) is 81.7 cm³/mol. The Balaban J connectivity index is 2.19. The molecule has 1 fully saturated rings. The molecule has 0 unspecified atom stereocenters. The van der Waals surface area contributed by atoms with E-state index >= 15 is 0 Å². The number of benzene rings is 1. The Morgan fingerprint density at radius 1 is 1.36 bits per heavy atom. The first-order valence-electron chi connectivity index (χ1n) is 7.61. The summed E-state index contributed by atoms with van der Waals surface area (Å²) in [4.78, 5) is 23.0. The molecular weight excluding hydrogens is 284 g/mol. The topological polar surface area (TPSA) is 86.0 Å². The fourth-order valence-electron chi connectivity index (χ4n) is 2.96. The third-order valence-corrected chi connectivity index (χ3v) is 4.35. The van der Waals surface area contributed by atoms with Gasteiger partial charge < -0.3 is 10.1 Å². The SMILES string of the molecule is Cc1ccc(C(=O)OC(C)(C)C2CC[NH2+]CC2)c([N+](=O)[O-])c1. The number of quaternary nitrogens is 1. The van der Waals surface area contributed by atoms with Gasteiger partial charge >= 0.3 is 5.97 Å². The molecule has 1 saturated heterocycles. The summed E-state index contributed by atoms with van der Waals surface area (Å²) >= 11 is 0. The number of nitro groups is 1. The standard InChI is InChI=1S/C16H22N2O4/c1-11-4-5-13(14(10-11)18(20)21)15(19)22-16(2,3)12-6-8-17-9-7-12/h4-5,10,12,17H,6-9H2,1-3H3/p+1. The van der Waals surface area contributed by atoms with Gasteiger partial charge in [0.15, 0.2) is 0 Å². The van der Waals surface area contributed by atoms with E-state index in [2.05, 4.69) is 5.32 Å². The zero-order chi connectivity index (χ0) is 16.3. The number of ether oxygens (including phenoxy) is 1. The van der Waals surface area contributed by atoms with Crippen LogP contribution in [0.25, 0.3) is 0 Å². The van der Waals surface area contributed by atoms with Crippen molar-refractivity contribution >= 4 is 11.7 Å². The number of carbonyl (C=O) groups excluding carboxylic acids is 1. The van der Waals surface area contributed by atoms with Crippen molar-refractivity contribution in [3.05, 3.63) is 39.4 Å². The van der Waals surface area contributed by atoms with Crippen molar-refractivity contribution in [2.45, 2.75) is 39.2 Å². The summed E-state index contributed by atoms with van der Waals surface area (Å²) in [5.74, 6) is -0.336. The van der Waals surface area contributed by atoms with Crippen LogP contribution in [0, 0.1) is 23.0 Å². The number of rotatable bonds is 4. The highest BCUT2D eigenvalue weighted by atomic mass is 16.6. The number of piperidine rings is 1. The quantitative estimate of drug-likeness (QED) is 0.522. The molecule has 2 N–H and O–H groups in total. The summed E-state index contributed by atoms with van der Waals surface area (Å²) in [6.45, 7) is 7.58. The molecule has 22 heavy (non-hydrogen) atoms. The Kier molecular flexibility index (Phi) is 4.81. The van der Waals surface area contributed by atoms with E-state index < -0.39 is 16.5 Å². The molecule has 0 radical (unpaired) electrons. The maximum absolute atomic E-state index is 12.4.